The molecule has 0 amide bonds. The van der Waals surface area contributed by atoms with Crippen molar-refractivity contribution in [3.05, 3.63) is 87.5 Å². The van der Waals surface area contributed by atoms with Crippen LogP contribution in [0, 0.1) is 13.8 Å². The van der Waals surface area contributed by atoms with E-state index in [2.05, 4.69) is 15.4 Å². The van der Waals surface area contributed by atoms with Gasteiger partial charge in [0.2, 0.25) is 0 Å². The van der Waals surface area contributed by atoms with Gasteiger partial charge in [0.25, 0.3) is 0 Å². The molecule has 2 N–H and O–H groups in total. The summed E-state index contributed by atoms with van der Waals surface area (Å²) in [7, 11) is 1.86. The standard InChI is InChI=1S/C27H24N4O4/c1-14-10-19(16(3)29-22-6-5-9-28-23(22)27(33)34)26-20(11-14)24(32)15(2)25(35-26)17-7-8-21-18(12-17)13-31(4)30-21/h5-13,16,29H,1-4H3,(H,33,34). The third-order valence-corrected chi connectivity index (χ3v) is 6.12. The largest absolute Gasteiger partial charge is 0.476 e. The summed E-state index contributed by atoms with van der Waals surface area (Å²) in [6.45, 7) is 5.59. The van der Waals surface area contributed by atoms with Crippen LogP contribution in [0.25, 0.3) is 33.2 Å². The molecular formula is C27H24N4O4. The van der Waals surface area contributed by atoms with Crippen LogP contribution in [0.5, 0.6) is 0 Å². The Hall–Kier alpha value is -4.46. The minimum Gasteiger partial charge on any atom is -0.476 e. The molecule has 3 heterocycles. The van der Waals surface area contributed by atoms with Crippen molar-refractivity contribution < 1.29 is 14.3 Å². The summed E-state index contributed by atoms with van der Waals surface area (Å²) in [4.78, 5) is 29.0. The van der Waals surface area contributed by atoms with Crippen molar-refractivity contribution >= 4 is 33.5 Å². The first kappa shape index (κ1) is 22.3. The average molecular weight is 469 g/mol. The number of nitrogens with zero attached hydrogens (tertiary/aromatic N) is 3. The number of hydrogen-bond donors (Lipinski definition) is 2. The number of aromatic nitrogens is 3. The number of pyridine rings is 1. The highest BCUT2D eigenvalue weighted by atomic mass is 16.4. The molecule has 5 rings (SSSR count). The maximum absolute atomic E-state index is 13.4. The Morgan fingerprint density at radius 2 is 1.97 bits per heavy atom. The van der Waals surface area contributed by atoms with Crippen molar-refractivity contribution in [3.8, 4) is 11.3 Å². The van der Waals surface area contributed by atoms with Gasteiger partial charge in [-0.15, -0.1) is 0 Å². The van der Waals surface area contributed by atoms with Crippen LogP contribution >= 0.6 is 0 Å². The van der Waals surface area contributed by atoms with Crippen molar-refractivity contribution in [1.29, 1.82) is 0 Å². The number of carboxylic acid groups (broad SMARTS) is 1. The predicted molar refractivity (Wildman–Crippen MR) is 135 cm³/mol. The van der Waals surface area contributed by atoms with E-state index in [9.17, 15) is 14.7 Å². The number of aryl methyl sites for hydroxylation is 2. The van der Waals surface area contributed by atoms with Gasteiger partial charge in [-0.3, -0.25) is 9.48 Å². The zero-order chi connectivity index (χ0) is 24.9. The van der Waals surface area contributed by atoms with Gasteiger partial charge in [-0.25, -0.2) is 9.78 Å². The normalized spacial score (nSPS) is 12.2. The summed E-state index contributed by atoms with van der Waals surface area (Å²) in [6.07, 6.45) is 3.36. The Bertz CT molecular complexity index is 1680. The van der Waals surface area contributed by atoms with Gasteiger partial charge in [0.1, 0.15) is 11.3 Å². The fraction of sp³-hybridized carbons (Fsp3) is 0.185. The molecule has 0 fully saturated rings. The van der Waals surface area contributed by atoms with E-state index in [4.69, 9.17) is 4.42 Å². The zero-order valence-corrected chi connectivity index (χ0v) is 19.8. The molecule has 5 aromatic rings. The SMILES string of the molecule is Cc1cc(C(C)Nc2cccnc2C(=O)O)c2oc(-c3ccc4nn(C)cc4c3)c(C)c(=O)c2c1. The van der Waals surface area contributed by atoms with Crippen LogP contribution in [0.2, 0.25) is 0 Å². The molecule has 8 nitrogen and oxygen atoms in total. The van der Waals surface area contributed by atoms with E-state index < -0.39 is 5.97 Å². The third-order valence-electron chi connectivity index (χ3n) is 6.12. The van der Waals surface area contributed by atoms with Gasteiger partial charge >= 0.3 is 5.97 Å². The number of carboxylic acids is 1. The molecule has 0 bridgehead atoms. The number of anilines is 1. The molecule has 8 heteroatoms. The van der Waals surface area contributed by atoms with E-state index >= 15 is 0 Å². The number of rotatable bonds is 5. The molecular weight excluding hydrogens is 444 g/mol. The summed E-state index contributed by atoms with van der Waals surface area (Å²) >= 11 is 0. The Kier molecular flexibility index (Phi) is 5.36. The lowest BCUT2D eigenvalue weighted by molar-refractivity contribution is 0.0691. The number of nitrogens with one attached hydrogen (secondary N) is 1. The first-order valence-electron chi connectivity index (χ1n) is 11.2. The second-order valence-corrected chi connectivity index (χ2v) is 8.76. The van der Waals surface area contributed by atoms with Crippen LogP contribution in [-0.4, -0.2) is 25.8 Å². The van der Waals surface area contributed by atoms with Gasteiger partial charge in [0, 0.05) is 41.5 Å². The molecule has 0 aliphatic heterocycles. The molecule has 2 aromatic carbocycles. The van der Waals surface area contributed by atoms with Crippen LogP contribution in [0.3, 0.4) is 0 Å². The van der Waals surface area contributed by atoms with E-state index in [1.54, 1.807) is 23.7 Å². The van der Waals surface area contributed by atoms with Gasteiger partial charge in [-0.05, 0) is 62.7 Å². The third kappa shape index (κ3) is 3.93. The molecule has 0 aliphatic carbocycles. The smallest absolute Gasteiger partial charge is 0.356 e. The maximum Gasteiger partial charge on any atom is 0.356 e. The Labute approximate surface area is 200 Å². The zero-order valence-electron chi connectivity index (χ0n) is 19.8. The Balaban J connectivity index is 1.68. The van der Waals surface area contributed by atoms with Crippen molar-refractivity contribution in [3.63, 3.8) is 0 Å². The van der Waals surface area contributed by atoms with Gasteiger partial charge in [0.05, 0.1) is 22.6 Å². The van der Waals surface area contributed by atoms with Crippen LogP contribution in [0.4, 0.5) is 5.69 Å². The number of fused-ring (bicyclic) bond motifs is 2. The van der Waals surface area contributed by atoms with Crippen molar-refractivity contribution in [2.75, 3.05) is 5.32 Å². The molecule has 0 saturated heterocycles. The second-order valence-electron chi connectivity index (χ2n) is 8.76. The molecule has 176 valence electrons. The summed E-state index contributed by atoms with van der Waals surface area (Å²) in [5, 5.41) is 18.6. The summed E-state index contributed by atoms with van der Waals surface area (Å²) < 4.78 is 8.18. The van der Waals surface area contributed by atoms with Gasteiger partial charge in [-0.2, -0.15) is 5.10 Å². The van der Waals surface area contributed by atoms with Crippen LogP contribution in [0.15, 0.2) is 64.1 Å². The molecule has 0 saturated carbocycles. The summed E-state index contributed by atoms with van der Waals surface area (Å²) in [5.74, 6) is -0.622. The van der Waals surface area contributed by atoms with E-state index in [0.717, 1.165) is 27.6 Å². The topological polar surface area (TPSA) is 110 Å². The van der Waals surface area contributed by atoms with Crippen LogP contribution in [-0.2, 0) is 7.05 Å². The fourth-order valence-corrected chi connectivity index (χ4v) is 4.46. The number of aromatic carboxylic acids is 1. The Morgan fingerprint density at radius 1 is 1.17 bits per heavy atom. The van der Waals surface area contributed by atoms with Gasteiger partial charge < -0.3 is 14.8 Å². The van der Waals surface area contributed by atoms with Crippen LogP contribution in [0.1, 0.15) is 40.1 Å². The molecule has 0 spiro atoms. The average Bonchev–Trinajstić information content (AvgIpc) is 3.20. The second kappa shape index (κ2) is 8.39. The van der Waals surface area contributed by atoms with Crippen molar-refractivity contribution in [1.82, 2.24) is 14.8 Å². The molecule has 35 heavy (non-hydrogen) atoms. The monoisotopic (exact) mass is 468 g/mol. The van der Waals surface area contributed by atoms with E-state index in [-0.39, 0.29) is 17.2 Å². The highest BCUT2D eigenvalue weighted by Crippen LogP contribution is 2.33. The number of carbonyl (C=O) groups is 1. The van der Waals surface area contributed by atoms with Crippen molar-refractivity contribution in [2.24, 2.45) is 7.05 Å². The lowest BCUT2D eigenvalue weighted by atomic mass is 9.98. The van der Waals surface area contributed by atoms with E-state index in [1.165, 1.54) is 6.20 Å². The quantitative estimate of drug-likeness (QED) is 0.363. The first-order valence-corrected chi connectivity index (χ1v) is 11.2. The summed E-state index contributed by atoms with van der Waals surface area (Å²) in [5.41, 5.74) is 4.51. The molecule has 0 aliphatic rings. The molecule has 3 aromatic heterocycles. The molecule has 1 unspecified atom stereocenters. The fourth-order valence-electron chi connectivity index (χ4n) is 4.46. The minimum absolute atomic E-state index is 0.0703. The van der Waals surface area contributed by atoms with E-state index in [0.29, 0.717) is 28.0 Å². The molecule has 1 atom stereocenters. The number of benzene rings is 2. The highest BCUT2D eigenvalue weighted by Gasteiger charge is 2.21. The lowest BCUT2D eigenvalue weighted by Gasteiger charge is -2.19. The lowest BCUT2D eigenvalue weighted by Crippen LogP contribution is -2.14. The van der Waals surface area contributed by atoms with Crippen molar-refractivity contribution in [2.45, 2.75) is 26.8 Å². The number of hydrogen-bond acceptors (Lipinski definition) is 6. The van der Waals surface area contributed by atoms with Gasteiger partial charge in [0.15, 0.2) is 11.1 Å². The predicted octanol–water partition coefficient (Wildman–Crippen LogP) is 5.23. The van der Waals surface area contributed by atoms with Gasteiger partial charge in [-0.1, -0.05) is 6.07 Å². The van der Waals surface area contributed by atoms with Crippen LogP contribution < -0.4 is 10.7 Å². The highest BCUT2D eigenvalue weighted by molar-refractivity contribution is 5.92. The summed E-state index contributed by atoms with van der Waals surface area (Å²) in [6, 6.07) is 12.5. The molecule has 0 radical (unpaired) electrons. The van der Waals surface area contributed by atoms with E-state index in [1.807, 2.05) is 57.4 Å². The maximum atomic E-state index is 13.4. The Morgan fingerprint density at radius 3 is 2.74 bits per heavy atom. The first-order chi connectivity index (χ1) is 16.7. The minimum atomic E-state index is -1.12.